The highest BCUT2D eigenvalue weighted by Gasteiger charge is 2.38. The van der Waals surface area contributed by atoms with Crippen LogP contribution in [0.3, 0.4) is 0 Å². The summed E-state index contributed by atoms with van der Waals surface area (Å²) in [6.45, 7) is 2.57. The second-order valence-corrected chi connectivity index (χ2v) is 4.32. The molecule has 3 heteroatoms. The van der Waals surface area contributed by atoms with Crippen molar-refractivity contribution in [2.75, 3.05) is 26.8 Å². The van der Waals surface area contributed by atoms with Crippen molar-refractivity contribution in [3.63, 3.8) is 0 Å². The molecule has 0 aromatic heterocycles. The summed E-state index contributed by atoms with van der Waals surface area (Å²) < 4.78 is 18.4. The van der Waals surface area contributed by atoms with Crippen LogP contribution in [0.1, 0.15) is 17.9 Å². The molecular formula is C13H18FNO. The molecule has 0 heterocycles. The minimum absolute atomic E-state index is 0.0631. The van der Waals surface area contributed by atoms with Gasteiger partial charge in [0.05, 0.1) is 6.61 Å². The van der Waals surface area contributed by atoms with E-state index >= 15 is 0 Å². The van der Waals surface area contributed by atoms with Gasteiger partial charge in [-0.15, -0.1) is 0 Å². The van der Waals surface area contributed by atoms with Gasteiger partial charge in [-0.1, -0.05) is 18.2 Å². The Hall–Kier alpha value is -0.930. The maximum Gasteiger partial charge on any atom is 0.126 e. The normalized spacial score (nSPS) is 23.4. The van der Waals surface area contributed by atoms with Crippen LogP contribution >= 0.6 is 0 Å². The SMILES string of the molecule is COCCNCC1CC1c1ccccc1F. The Balaban J connectivity index is 1.76. The summed E-state index contributed by atoms with van der Waals surface area (Å²) in [6, 6.07) is 7.09. The molecule has 0 amide bonds. The van der Waals surface area contributed by atoms with Crippen LogP contribution in [0.5, 0.6) is 0 Å². The van der Waals surface area contributed by atoms with Crippen molar-refractivity contribution < 1.29 is 9.13 Å². The van der Waals surface area contributed by atoms with Crippen molar-refractivity contribution in [1.29, 1.82) is 0 Å². The van der Waals surface area contributed by atoms with E-state index in [4.69, 9.17) is 4.74 Å². The molecule has 2 nitrogen and oxygen atoms in total. The number of hydrogen-bond acceptors (Lipinski definition) is 2. The zero-order valence-corrected chi connectivity index (χ0v) is 9.58. The molecule has 0 radical (unpaired) electrons. The summed E-state index contributed by atoms with van der Waals surface area (Å²) in [5.74, 6) is 0.942. The van der Waals surface area contributed by atoms with Gasteiger partial charge in [0.1, 0.15) is 5.82 Å². The Morgan fingerprint density at radius 1 is 1.44 bits per heavy atom. The second kappa shape index (κ2) is 5.41. The van der Waals surface area contributed by atoms with E-state index in [1.807, 2.05) is 12.1 Å². The van der Waals surface area contributed by atoms with Gasteiger partial charge >= 0.3 is 0 Å². The molecular weight excluding hydrogens is 205 g/mol. The predicted molar refractivity (Wildman–Crippen MR) is 62.0 cm³/mol. The fraction of sp³-hybridized carbons (Fsp3) is 0.538. The molecule has 1 aliphatic rings. The average Bonchev–Trinajstić information content (AvgIpc) is 3.05. The Morgan fingerprint density at radius 3 is 3.00 bits per heavy atom. The van der Waals surface area contributed by atoms with Gasteiger partial charge in [-0.25, -0.2) is 4.39 Å². The zero-order chi connectivity index (χ0) is 11.4. The third kappa shape index (κ3) is 2.80. The topological polar surface area (TPSA) is 21.3 Å². The number of hydrogen-bond donors (Lipinski definition) is 1. The molecule has 0 aliphatic heterocycles. The molecule has 16 heavy (non-hydrogen) atoms. The summed E-state index contributed by atoms with van der Waals surface area (Å²) in [5.41, 5.74) is 0.876. The number of methoxy groups -OCH3 is 1. The highest BCUT2D eigenvalue weighted by atomic mass is 19.1. The lowest BCUT2D eigenvalue weighted by Crippen LogP contribution is -2.21. The number of benzene rings is 1. The first-order chi connectivity index (χ1) is 7.83. The molecule has 0 saturated heterocycles. The smallest absolute Gasteiger partial charge is 0.126 e. The van der Waals surface area contributed by atoms with Crippen LogP contribution in [0, 0.1) is 11.7 Å². The molecule has 2 atom stereocenters. The minimum Gasteiger partial charge on any atom is -0.383 e. The summed E-state index contributed by atoms with van der Waals surface area (Å²) in [7, 11) is 1.70. The molecule has 1 fully saturated rings. The molecule has 0 spiro atoms. The molecule has 1 N–H and O–H groups in total. The van der Waals surface area contributed by atoms with E-state index in [-0.39, 0.29) is 5.82 Å². The Morgan fingerprint density at radius 2 is 2.25 bits per heavy atom. The first-order valence-corrected chi connectivity index (χ1v) is 5.77. The Bertz CT molecular complexity index is 342. The van der Waals surface area contributed by atoms with Crippen LogP contribution < -0.4 is 5.32 Å². The third-order valence-electron chi connectivity index (χ3n) is 3.12. The van der Waals surface area contributed by atoms with Gasteiger partial charge in [0.25, 0.3) is 0 Å². The number of nitrogens with one attached hydrogen (secondary N) is 1. The van der Waals surface area contributed by atoms with Crippen molar-refractivity contribution >= 4 is 0 Å². The second-order valence-electron chi connectivity index (χ2n) is 4.32. The van der Waals surface area contributed by atoms with Crippen molar-refractivity contribution in [2.24, 2.45) is 5.92 Å². The third-order valence-corrected chi connectivity index (χ3v) is 3.12. The standard InChI is InChI=1S/C13H18FNO/c1-16-7-6-15-9-10-8-12(10)11-4-2-3-5-13(11)14/h2-5,10,12,15H,6-9H2,1H3. The lowest BCUT2D eigenvalue weighted by molar-refractivity contribution is 0.199. The van der Waals surface area contributed by atoms with Crippen LogP contribution in [0.25, 0.3) is 0 Å². The van der Waals surface area contributed by atoms with E-state index in [0.29, 0.717) is 11.8 Å². The van der Waals surface area contributed by atoms with Gasteiger partial charge in [0.2, 0.25) is 0 Å². The highest BCUT2D eigenvalue weighted by molar-refractivity contribution is 5.27. The maximum absolute atomic E-state index is 13.5. The maximum atomic E-state index is 13.5. The van der Waals surface area contributed by atoms with Gasteiger partial charge in [-0.05, 0) is 36.4 Å². The van der Waals surface area contributed by atoms with Crippen molar-refractivity contribution in [3.8, 4) is 0 Å². The molecule has 1 aromatic rings. The van der Waals surface area contributed by atoms with Crippen LogP contribution in [0.4, 0.5) is 4.39 Å². The zero-order valence-electron chi connectivity index (χ0n) is 9.58. The van der Waals surface area contributed by atoms with Crippen LogP contribution in [0.2, 0.25) is 0 Å². The monoisotopic (exact) mass is 223 g/mol. The van der Waals surface area contributed by atoms with Gasteiger partial charge in [0, 0.05) is 13.7 Å². The van der Waals surface area contributed by atoms with Crippen molar-refractivity contribution in [3.05, 3.63) is 35.6 Å². The fourth-order valence-electron chi connectivity index (χ4n) is 2.09. The quantitative estimate of drug-likeness (QED) is 0.746. The summed E-state index contributed by atoms with van der Waals surface area (Å²) in [6.07, 6.45) is 1.10. The van der Waals surface area contributed by atoms with Crippen LogP contribution in [-0.2, 0) is 4.74 Å². The van der Waals surface area contributed by atoms with E-state index in [1.165, 1.54) is 0 Å². The number of rotatable bonds is 6. The summed E-state index contributed by atoms with van der Waals surface area (Å²) >= 11 is 0. The molecule has 1 aromatic carbocycles. The van der Waals surface area contributed by atoms with Gasteiger partial charge in [-0.2, -0.15) is 0 Å². The van der Waals surface area contributed by atoms with E-state index in [2.05, 4.69) is 5.32 Å². The van der Waals surface area contributed by atoms with Gasteiger partial charge in [-0.3, -0.25) is 0 Å². The Kier molecular flexibility index (Phi) is 3.91. The molecule has 2 rings (SSSR count). The van der Waals surface area contributed by atoms with Gasteiger partial charge < -0.3 is 10.1 Å². The molecule has 1 saturated carbocycles. The highest BCUT2D eigenvalue weighted by Crippen LogP contribution is 2.47. The minimum atomic E-state index is -0.0631. The molecule has 0 bridgehead atoms. The average molecular weight is 223 g/mol. The van der Waals surface area contributed by atoms with Crippen molar-refractivity contribution in [1.82, 2.24) is 5.32 Å². The van der Waals surface area contributed by atoms with E-state index in [1.54, 1.807) is 19.2 Å². The van der Waals surface area contributed by atoms with Crippen LogP contribution in [-0.4, -0.2) is 26.8 Å². The van der Waals surface area contributed by atoms with E-state index < -0.39 is 0 Å². The summed E-state index contributed by atoms with van der Waals surface area (Å²) in [5, 5.41) is 3.32. The molecule has 1 aliphatic carbocycles. The lowest BCUT2D eigenvalue weighted by atomic mass is 10.1. The first-order valence-electron chi connectivity index (χ1n) is 5.77. The van der Waals surface area contributed by atoms with Gasteiger partial charge in [0.15, 0.2) is 0 Å². The number of halogens is 1. The lowest BCUT2D eigenvalue weighted by Gasteiger charge is -2.04. The summed E-state index contributed by atoms with van der Waals surface area (Å²) in [4.78, 5) is 0. The van der Waals surface area contributed by atoms with E-state index in [0.717, 1.165) is 31.7 Å². The number of ether oxygens (including phenoxy) is 1. The Labute approximate surface area is 95.8 Å². The fourth-order valence-corrected chi connectivity index (χ4v) is 2.09. The van der Waals surface area contributed by atoms with E-state index in [9.17, 15) is 4.39 Å². The first kappa shape index (κ1) is 11.6. The predicted octanol–water partition coefficient (Wildman–Crippen LogP) is 2.17. The van der Waals surface area contributed by atoms with Crippen molar-refractivity contribution in [2.45, 2.75) is 12.3 Å². The molecule has 2 unspecified atom stereocenters. The molecule has 88 valence electrons. The van der Waals surface area contributed by atoms with Crippen LogP contribution in [0.15, 0.2) is 24.3 Å². The largest absolute Gasteiger partial charge is 0.383 e.